The third kappa shape index (κ3) is 4.79. The van der Waals surface area contributed by atoms with Gasteiger partial charge in [-0.3, -0.25) is 4.98 Å². The Morgan fingerprint density at radius 1 is 1.29 bits per heavy atom. The number of ether oxygens (including phenoxy) is 2. The Hall–Kier alpha value is -2.75. The fraction of sp³-hybridized carbons (Fsp3) is 0.474. The van der Waals surface area contributed by atoms with Crippen LogP contribution in [0.15, 0.2) is 18.3 Å². The summed E-state index contributed by atoms with van der Waals surface area (Å²) in [5, 5.41) is 15.5. The second-order valence-corrected chi connectivity index (χ2v) is 8.58. The van der Waals surface area contributed by atoms with E-state index in [9.17, 15) is 22.5 Å². The number of benzene rings is 1. The summed E-state index contributed by atoms with van der Waals surface area (Å²) >= 11 is 0. The Morgan fingerprint density at radius 2 is 1.90 bits per heavy atom. The molecule has 2 N–H and O–H groups in total. The molecule has 0 bridgehead atoms. The maximum absolute atomic E-state index is 12.9. The SMILES string of the molecule is COc1cc2ncc(C#N)c(N3CCC(N(CC(F)F)S(N)(=O)=O)CC3)c2cc1OC. The molecule has 1 aliphatic rings. The molecular weight excluding hydrogens is 432 g/mol. The molecule has 3 rings (SSSR count). The van der Waals surface area contributed by atoms with Gasteiger partial charge in [0.1, 0.15) is 6.07 Å². The van der Waals surface area contributed by atoms with E-state index in [4.69, 9.17) is 14.6 Å². The van der Waals surface area contributed by atoms with Crippen molar-refractivity contribution in [1.82, 2.24) is 9.29 Å². The summed E-state index contributed by atoms with van der Waals surface area (Å²) in [5.41, 5.74) is 1.56. The molecular formula is C19H23F2N5O4S. The van der Waals surface area contributed by atoms with Gasteiger partial charge in [-0.15, -0.1) is 0 Å². The number of hydrogen-bond acceptors (Lipinski definition) is 7. The van der Waals surface area contributed by atoms with Crippen LogP contribution in [0.4, 0.5) is 14.5 Å². The first kappa shape index (κ1) is 22.9. The van der Waals surface area contributed by atoms with E-state index in [0.717, 1.165) is 0 Å². The Bertz CT molecular complexity index is 1100. The van der Waals surface area contributed by atoms with Crippen molar-refractivity contribution >= 4 is 26.8 Å². The van der Waals surface area contributed by atoms with E-state index in [1.807, 2.05) is 4.90 Å². The first-order valence-corrected chi connectivity index (χ1v) is 11.0. The fourth-order valence-corrected chi connectivity index (χ4v) is 4.85. The quantitative estimate of drug-likeness (QED) is 0.676. The topological polar surface area (TPSA) is 122 Å². The van der Waals surface area contributed by atoms with Crippen molar-refractivity contribution in [2.45, 2.75) is 25.3 Å². The number of nitriles is 1. The molecule has 1 aliphatic heterocycles. The van der Waals surface area contributed by atoms with Crippen molar-refractivity contribution in [2.24, 2.45) is 5.14 Å². The maximum Gasteiger partial charge on any atom is 0.277 e. The lowest BCUT2D eigenvalue weighted by Crippen LogP contribution is -2.51. The molecule has 2 aromatic rings. The number of methoxy groups -OCH3 is 2. The summed E-state index contributed by atoms with van der Waals surface area (Å²) in [6.45, 7) is -0.244. The van der Waals surface area contributed by atoms with E-state index in [1.165, 1.54) is 20.4 Å². The second-order valence-electron chi connectivity index (χ2n) is 7.08. The monoisotopic (exact) mass is 455 g/mol. The first-order chi connectivity index (χ1) is 14.7. The Labute approximate surface area is 179 Å². The van der Waals surface area contributed by atoms with Gasteiger partial charge in [-0.25, -0.2) is 13.9 Å². The van der Waals surface area contributed by atoms with Gasteiger partial charge >= 0.3 is 0 Å². The number of hydrogen-bond donors (Lipinski definition) is 1. The lowest BCUT2D eigenvalue weighted by atomic mass is 10.0. The van der Waals surface area contributed by atoms with Crippen LogP contribution in [-0.2, 0) is 10.2 Å². The largest absolute Gasteiger partial charge is 0.493 e. The molecule has 0 aliphatic carbocycles. The predicted molar refractivity (Wildman–Crippen MR) is 111 cm³/mol. The van der Waals surface area contributed by atoms with E-state index in [-0.39, 0.29) is 12.8 Å². The van der Waals surface area contributed by atoms with E-state index in [1.54, 1.807) is 12.1 Å². The standard InChI is InChI=1S/C19H23F2N5O4S/c1-29-16-7-14-15(8-17(16)30-2)24-10-12(9-22)19(14)25-5-3-13(4-6-25)26(11-18(20)21)31(23,27)28/h7-8,10,13,18H,3-6,11H2,1-2H3,(H2,23,27,28). The average molecular weight is 455 g/mol. The van der Waals surface area contributed by atoms with Crippen LogP contribution in [0, 0.1) is 11.3 Å². The van der Waals surface area contributed by atoms with Crippen molar-refractivity contribution in [3.63, 3.8) is 0 Å². The van der Waals surface area contributed by atoms with Crippen LogP contribution < -0.4 is 19.5 Å². The molecule has 1 aromatic heterocycles. The van der Waals surface area contributed by atoms with Crippen LogP contribution >= 0.6 is 0 Å². The van der Waals surface area contributed by atoms with E-state index in [0.29, 0.717) is 51.0 Å². The maximum atomic E-state index is 12.9. The number of nitrogens with zero attached hydrogens (tertiary/aromatic N) is 4. The van der Waals surface area contributed by atoms with Gasteiger partial charge in [0, 0.05) is 36.8 Å². The summed E-state index contributed by atoms with van der Waals surface area (Å²) in [4.78, 5) is 6.25. The zero-order valence-electron chi connectivity index (χ0n) is 17.1. The number of anilines is 1. The summed E-state index contributed by atoms with van der Waals surface area (Å²) < 4.78 is 60.7. The van der Waals surface area contributed by atoms with Crippen molar-refractivity contribution in [2.75, 3.05) is 38.8 Å². The number of aromatic nitrogens is 1. The van der Waals surface area contributed by atoms with Gasteiger partial charge < -0.3 is 14.4 Å². The smallest absolute Gasteiger partial charge is 0.277 e. The van der Waals surface area contributed by atoms with Gasteiger partial charge in [-0.05, 0) is 18.9 Å². The van der Waals surface area contributed by atoms with Crippen LogP contribution in [0.5, 0.6) is 11.5 Å². The number of fused-ring (bicyclic) bond motifs is 1. The molecule has 31 heavy (non-hydrogen) atoms. The summed E-state index contributed by atoms with van der Waals surface area (Å²) in [7, 11) is -1.25. The summed E-state index contributed by atoms with van der Waals surface area (Å²) in [5.74, 6) is 0.966. The number of alkyl halides is 2. The van der Waals surface area contributed by atoms with Crippen LogP contribution in [0.3, 0.4) is 0 Å². The minimum Gasteiger partial charge on any atom is -0.493 e. The Balaban J connectivity index is 1.95. The molecule has 0 amide bonds. The first-order valence-electron chi connectivity index (χ1n) is 9.47. The molecule has 1 saturated heterocycles. The Morgan fingerprint density at radius 3 is 2.42 bits per heavy atom. The van der Waals surface area contributed by atoms with Crippen molar-refractivity contribution in [3.8, 4) is 17.6 Å². The third-order valence-corrected chi connectivity index (χ3v) is 6.40. The molecule has 0 unspecified atom stereocenters. The highest BCUT2D eigenvalue weighted by atomic mass is 32.2. The number of pyridine rings is 1. The average Bonchev–Trinajstić information content (AvgIpc) is 2.74. The molecule has 9 nitrogen and oxygen atoms in total. The minimum atomic E-state index is -4.26. The lowest BCUT2D eigenvalue weighted by Gasteiger charge is -2.38. The zero-order chi connectivity index (χ0) is 22.8. The third-order valence-electron chi connectivity index (χ3n) is 5.30. The fourth-order valence-electron chi connectivity index (χ4n) is 3.90. The highest BCUT2D eigenvalue weighted by molar-refractivity contribution is 7.86. The van der Waals surface area contributed by atoms with E-state index in [2.05, 4.69) is 11.1 Å². The predicted octanol–water partition coefficient (Wildman–Crippen LogP) is 1.86. The molecule has 2 heterocycles. The minimum absolute atomic E-state index is 0.283. The van der Waals surface area contributed by atoms with E-state index < -0.39 is 29.2 Å². The van der Waals surface area contributed by atoms with E-state index >= 15 is 0 Å². The number of rotatable bonds is 7. The molecule has 168 valence electrons. The van der Waals surface area contributed by atoms with Gasteiger partial charge in [0.2, 0.25) is 0 Å². The Kier molecular flexibility index (Phi) is 6.78. The van der Waals surface area contributed by atoms with Crippen LogP contribution in [0.1, 0.15) is 18.4 Å². The highest BCUT2D eigenvalue weighted by Gasteiger charge is 2.33. The number of nitrogens with two attached hydrogens (primary N) is 1. The second kappa shape index (κ2) is 9.17. The van der Waals surface area contributed by atoms with Gasteiger partial charge in [0.05, 0.1) is 37.5 Å². The summed E-state index contributed by atoms with van der Waals surface area (Å²) in [6, 6.07) is 4.93. The van der Waals surface area contributed by atoms with Crippen LogP contribution in [0.2, 0.25) is 0 Å². The number of piperidine rings is 1. The number of halogens is 2. The van der Waals surface area contributed by atoms with Gasteiger partial charge in [0.25, 0.3) is 16.6 Å². The highest BCUT2D eigenvalue weighted by Crippen LogP contribution is 2.38. The van der Waals surface area contributed by atoms with Gasteiger partial charge in [-0.2, -0.15) is 18.0 Å². The molecule has 0 atom stereocenters. The molecule has 0 radical (unpaired) electrons. The van der Waals surface area contributed by atoms with Gasteiger partial charge in [0.15, 0.2) is 11.5 Å². The van der Waals surface area contributed by atoms with Crippen molar-refractivity contribution in [3.05, 3.63) is 23.9 Å². The van der Waals surface area contributed by atoms with Crippen LogP contribution in [0.25, 0.3) is 10.9 Å². The normalized spacial score (nSPS) is 15.5. The molecule has 1 aromatic carbocycles. The molecule has 12 heteroatoms. The summed E-state index contributed by atoms with van der Waals surface area (Å²) in [6.07, 6.45) is -0.799. The van der Waals surface area contributed by atoms with Crippen molar-refractivity contribution in [1.29, 1.82) is 5.26 Å². The lowest BCUT2D eigenvalue weighted by molar-refractivity contribution is 0.101. The van der Waals surface area contributed by atoms with Crippen molar-refractivity contribution < 1.29 is 26.7 Å². The van der Waals surface area contributed by atoms with Crippen LogP contribution in [-0.4, -0.2) is 64.0 Å². The molecule has 1 fully saturated rings. The zero-order valence-corrected chi connectivity index (χ0v) is 17.9. The molecule has 0 saturated carbocycles. The van der Waals surface area contributed by atoms with Gasteiger partial charge in [-0.1, -0.05) is 0 Å². The molecule has 0 spiro atoms.